The van der Waals surface area contributed by atoms with Crippen LogP contribution in [-0.2, 0) is 4.79 Å². The van der Waals surface area contributed by atoms with E-state index in [0.717, 1.165) is 18.2 Å². The molecule has 0 radical (unpaired) electrons. The number of amides is 1. The summed E-state index contributed by atoms with van der Waals surface area (Å²) in [5, 5.41) is 15.5. The Morgan fingerprint density at radius 2 is 1.90 bits per heavy atom. The van der Waals surface area contributed by atoms with Gasteiger partial charge in [0.1, 0.15) is 0 Å². The average molecular weight is 446 g/mol. The maximum atomic E-state index is 14.1. The molecule has 0 spiro atoms. The van der Waals surface area contributed by atoms with E-state index in [1.807, 2.05) is 0 Å². The molecule has 14 heteroatoms. The predicted octanol–water partition coefficient (Wildman–Crippen LogP) is 1.86. The van der Waals surface area contributed by atoms with Crippen molar-refractivity contribution in [3.05, 3.63) is 29.6 Å². The minimum absolute atomic E-state index is 0.100. The first-order chi connectivity index (χ1) is 13.7. The number of carbonyl (C=O) groups is 1. The Morgan fingerprint density at radius 3 is 2.47 bits per heavy atom. The van der Waals surface area contributed by atoms with Crippen molar-refractivity contribution in [2.24, 2.45) is 5.92 Å². The molecule has 2 aliphatic rings. The summed E-state index contributed by atoms with van der Waals surface area (Å²) >= 11 is 0. The number of benzene rings is 1. The second kappa shape index (κ2) is 7.83. The number of ether oxygens (including phenoxy) is 1. The van der Waals surface area contributed by atoms with Crippen molar-refractivity contribution < 1.29 is 45.4 Å². The van der Waals surface area contributed by atoms with Crippen molar-refractivity contribution in [3.63, 3.8) is 0 Å². The van der Waals surface area contributed by atoms with E-state index < -0.39 is 67.0 Å². The first-order valence-corrected chi connectivity index (χ1v) is 8.66. The third-order valence-corrected chi connectivity index (χ3v) is 4.83. The van der Waals surface area contributed by atoms with Crippen LogP contribution < -0.4 is 20.8 Å². The summed E-state index contributed by atoms with van der Waals surface area (Å²) in [5.74, 6) is -4.45. The number of hydrogen-bond donors (Lipinski definition) is 4. The van der Waals surface area contributed by atoms with Gasteiger partial charge in [0.2, 0.25) is 5.91 Å². The highest BCUT2D eigenvalue weighted by molar-refractivity contribution is 5.81. The van der Waals surface area contributed by atoms with Gasteiger partial charge in [-0.05, 0) is 24.6 Å². The Hall–Kier alpha value is -2.16. The van der Waals surface area contributed by atoms with Gasteiger partial charge < -0.3 is 15.2 Å². The number of fused-ring (bicyclic) bond motifs is 1. The highest BCUT2D eigenvalue weighted by atomic mass is 19.4. The third kappa shape index (κ3) is 4.94. The summed E-state index contributed by atoms with van der Waals surface area (Å²) < 4.78 is 93.3. The molecule has 2 aliphatic heterocycles. The topological polar surface area (TPSA) is 85.9 Å². The van der Waals surface area contributed by atoms with Gasteiger partial charge in [-0.2, -0.15) is 13.2 Å². The lowest BCUT2D eigenvalue weighted by atomic mass is 9.93. The van der Waals surface area contributed by atoms with Crippen LogP contribution in [0.15, 0.2) is 18.2 Å². The van der Waals surface area contributed by atoms with Gasteiger partial charge in [-0.25, -0.2) is 14.8 Å². The number of hydrogen-bond acceptors (Lipinski definition) is 6. The monoisotopic (exact) mass is 446 g/mol. The number of nitrogens with one attached hydrogen (secondary N) is 3. The Kier molecular flexibility index (Phi) is 5.88. The number of halogens is 7. The molecular formula is C16H17F7N4O3. The molecule has 5 atom stereocenters. The van der Waals surface area contributed by atoms with Gasteiger partial charge in [0.05, 0.1) is 18.5 Å². The fourth-order valence-electron chi connectivity index (χ4n) is 3.61. The minimum atomic E-state index is -5.10. The third-order valence-electron chi connectivity index (χ3n) is 4.83. The first kappa shape index (κ1) is 22.5. The summed E-state index contributed by atoms with van der Waals surface area (Å²) in [6.07, 6.45) is -13.7. The van der Waals surface area contributed by atoms with Crippen molar-refractivity contribution in [1.29, 1.82) is 0 Å². The van der Waals surface area contributed by atoms with Gasteiger partial charge in [-0.1, -0.05) is 6.07 Å². The molecule has 2 fully saturated rings. The Morgan fingerprint density at radius 1 is 1.23 bits per heavy atom. The van der Waals surface area contributed by atoms with Crippen molar-refractivity contribution in [3.8, 4) is 5.75 Å². The van der Waals surface area contributed by atoms with Crippen LogP contribution in [0.3, 0.4) is 0 Å². The number of aliphatic hydroxyl groups excluding tert-OH is 1. The van der Waals surface area contributed by atoms with E-state index in [-0.39, 0.29) is 5.56 Å². The number of aliphatic hydroxyl groups is 1. The second-order valence-electron chi connectivity index (χ2n) is 6.92. The van der Waals surface area contributed by atoms with E-state index in [2.05, 4.69) is 20.8 Å². The Bertz CT molecular complexity index is 804. The zero-order chi connectivity index (χ0) is 22.4. The summed E-state index contributed by atoms with van der Waals surface area (Å²) in [6.45, 7) is 1.44. The summed E-state index contributed by atoms with van der Waals surface area (Å²) in [4.78, 5) is 12.2. The van der Waals surface area contributed by atoms with E-state index in [1.165, 1.54) is 11.9 Å². The fourth-order valence-corrected chi connectivity index (χ4v) is 3.61. The van der Waals surface area contributed by atoms with Crippen LogP contribution in [-0.4, -0.2) is 47.1 Å². The van der Waals surface area contributed by atoms with Gasteiger partial charge in [-0.15, -0.1) is 13.2 Å². The molecule has 2 heterocycles. The van der Waals surface area contributed by atoms with Crippen LogP contribution in [0.1, 0.15) is 24.9 Å². The van der Waals surface area contributed by atoms with E-state index in [9.17, 15) is 40.6 Å². The number of nitrogens with zero attached hydrogens (tertiary/aromatic N) is 1. The summed E-state index contributed by atoms with van der Waals surface area (Å²) in [5.41, 5.74) is 2.66. The zero-order valence-electron chi connectivity index (χ0n) is 15.2. The summed E-state index contributed by atoms with van der Waals surface area (Å²) in [6, 6.07) is 0.331. The molecule has 5 unspecified atom stereocenters. The van der Waals surface area contributed by atoms with E-state index >= 15 is 0 Å². The largest absolute Gasteiger partial charge is 0.573 e. The van der Waals surface area contributed by atoms with Crippen molar-refractivity contribution in [2.45, 2.75) is 50.5 Å². The zero-order valence-corrected chi connectivity index (χ0v) is 15.2. The molecule has 4 N–H and O–H groups in total. The molecule has 0 aliphatic carbocycles. The fraction of sp³-hybridized carbons (Fsp3) is 0.562. The van der Waals surface area contributed by atoms with Gasteiger partial charge >= 0.3 is 12.5 Å². The van der Waals surface area contributed by atoms with Crippen LogP contribution in [0.5, 0.6) is 5.75 Å². The smallest absolute Gasteiger partial charge is 0.403 e. The first-order valence-electron chi connectivity index (χ1n) is 8.66. The number of hydrazine groups is 1. The van der Waals surface area contributed by atoms with Gasteiger partial charge in [-0.3, -0.25) is 10.1 Å². The number of alkyl halides is 6. The SMILES string of the molecule is CC(c1ccc(OC(F)(F)F)c(F)c1)N1NC(CC(F)(F)F)C2C(=O)NC(O)NC21. The highest BCUT2D eigenvalue weighted by Gasteiger charge is 2.53. The molecule has 7 nitrogen and oxygen atoms in total. The molecule has 0 bridgehead atoms. The number of carbonyl (C=O) groups excluding carboxylic acids is 1. The van der Waals surface area contributed by atoms with Gasteiger partial charge in [0, 0.05) is 12.1 Å². The maximum absolute atomic E-state index is 14.1. The Labute approximate surface area is 165 Å². The number of rotatable bonds is 4. The van der Waals surface area contributed by atoms with Gasteiger partial charge in [0.25, 0.3) is 0 Å². The average Bonchev–Trinajstić information content (AvgIpc) is 2.91. The van der Waals surface area contributed by atoms with Crippen LogP contribution in [0.25, 0.3) is 0 Å². The van der Waals surface area contributed by atoms with Crippen LogP contribution in [0, 0.1) is 11.7 Å². The molecule has 1 amide bonds. The highest BCUT2D eigenvalue weighted by Crippen LogP contribution is 2.37. The van der Waals surface area contributed by atoms with Crippen LogP contribution in [0.4, 0.5) is 30.7 Å². The van der Waals surface area contributed by atoms with Crippen molar-refractivity contribution in [1.82, 2.24) is 21.1 Å². The summed E-state index contributed by atoms with van der Waals surface area (Å²) in [7, 11) is 0. The normalized spacial score (nSPS) is 28.8. The Balaban J connectivity index is 1.86. The maximum Gasteiger partial charge on any atom is 0.573 e. The van der Waals surface area contributed by atoms with Crippen molar-refractivity contribution >= 4 is 5.91 Å². The molecule has 2 saturated heterocycles. The standard InChI is InChI=1S/C16H17F7N4O3/c1-6(7-2-3-10(8(17)4-7)30-16(21,22)23)27-12-11(13(28)25-14(29)24-12)9(26-27)5-15(18,19)20/h2-4,6,9,11-12,14,24,26,29H,5H2,1H3,(H,25,28). The predicted molar refractivity (Wildman–Crippen MR) is 85.5 cm³/mol. The molecule has 1 aromatic rings. The molecular weight excluding hydrogens is 429 g/mol. The molecule has 0 aromatic heterocycles. The quantitative estimate of drug-likeness (QED) is 0.529. The molecule has 0 saturated carbocycles. The second-order valence-corrected chi connectivity index (χ2v) is 6.92. The molecule has 1 aromatic carbocycles. The molecule has 3 rings (SSSR count). The van der Waals surface area contributed by atoms with Crippen LogP contribution >= 0.6 is 0 Å². The molecule has 168 valence electrons. The lowest BCUT2D eigenvalue weighted by molar-refractivity contribution is -0.275. The van der Waals surface area contributed by atoms with Gasteiger partial charge in [0.15, 0.2) is 17.9 Å². The van der Waals surface area contributed by atoms with E-state index in [1.54, 1.807) is 0 Å². The minimum Gasteiger partial charge on any atom is -0.403 e. The van der Waals surface area contributed by atoms with E-state index in [4.69, 9.17) is 0 Å². The lowest BCUT2D eigenvalue weighted by Crippen LogP contribution is -2.64. The lowest BCUT2D eigenvalue weighted by Gasteiger charge is -2.37. The van der Waals surface area contributed by atoms with Crippen LogP contribution in [0.2, 0.25) is 0 Å². The van der Waals surface area contributed by atoms with E-state index in [0.29, 0.717) is 0 Å². The van der Waals surface area contributed by atoms with Crippen molar-refractivity contribution in [2.75, 3.05) is 0 Å². The molecule has 30 heavy (non-hydrogen) atoms.